The molecule has 0 aliphatic heterocycles. The van der Waals surface area contributed by atoms with Crippen molar-refractivity contribution in [2.24, 2.45) is 0 Å². The molecule has 1 heterocycles. The fourth-order valence-electron chi connectivity index (χ4n) is 1.27. The molecule has 0 atom stereocenters. The first-order valence-corrected chi connectivity index (χ1v) is 6.58. The fourth-order valence-corrected chi connectivity index (χ4v) is 1.82. The van der Waals surface area contributed by atoms with Gasteiger partial charge in [0.25, 0.3) is 0 Å². The van der Waals surface area contributed by atoms with E-state index in [-0.39, 0.29) is 12.3 Å². The Balaban J connectivity index is 2.16. The number of oxazole rings is 1. The summed E-state index contributed by atoms with van der Waals surface area (Å²) in [6.45, 7) is 1.67. The number of nitrogens with one attached hydrogen (secondary N) is 1. The standard InChI is InChI=1S/C10H12N2O3S/c1-2-16(13,14)11-7-10-12-8-5-3-4-6-9(8)15-10/h3-6,11H,2,7H2,1H3. The molecular formula is C10H12N2O3S. The Morgan fingerprint density at radius 3 is 2.81 bits per heavy atom. The van der Waals surface area contributed by atoms with Crippen LogP contribution in [0.4, 0.5) is 0 Å². The van der Waals surface area contributed by atoms with Gasteiger partial charge in [-0.1, -0.05) is 12.1 Å². The van der Waals surface area contributed by atoms with Crippen molar-refractivity contribution >= 4 is 21.1 Å². The number of fused-ring (bicyclic) bond motifs is 1. The number of benzene rings is 1. The summed E-state index contributed by atoms with van der Waals surface area (Å²) in [5.41, 5.74) is 1.39. The topological polar surface area (TPSA) is 72.2 Å². The SMILES string of the molecule is CCS(=O)(=O)NCc1nc2ccccc2o1. The molecule has 0 fully saturated rings. The molecule has 6 heteroatoms. The van der Waals surface area contributed by atoms with Gasteiger partial charge < -0.3 is 4.42 Å². The monoisotopic (exact) mass is 240 g/mol. The van der Waals surface area contributed by atoms with Crippen LogP contribution in [0.2, 0.25) is 0 Å². The molecule has 16 heavy (non-hydrogen) atoms. The Kier molecular flexibility index (Phi) is 2.93. The first-order valence-electron chi connectivity index (χ1n) is 4.92. The largest absolute Gasteiger partial charge is 0.439 e. The Bertz CT molecular complexity index is 556. The van der Waals surface area contributed by atoms with Crippen molar-refractivity contribution in [3.05, 3.63) is 30.2 Å². The van der Waals surface area contributed by atoms with Crippen LogP contribution in [0, 0.1) is 0 Å². The lowest BCUT2D eigenvalue weighted by atomic mass is 10.3. The Hall–Kier alpha value is -1.40. The average Bonchev–Trinajstić information content (AvgIpc) is 2.69. The number of sulfonamides is 1. The summed E-state index contributed by atoms with van der Waals surface area (Å²) in [7, 11) is -3.21. The quantitative estimate of drug-likeness (QED) is 0.873. The second-order valence-electron chi connectivity index (χ2n) is 3.30. The van der Waals surface area contributed by atoms with Gasteiger partial charge in [0.2, 0.25) is 15.9 Å². The highest BCUT2D eigenvalue weighted by Gasteiger charge is 2.09. The van der Waals surface area contributed by atoms with Gasteiger partial charge in [-0.05, 0) is 19.1 Å². The molecule has 0 unspecified atom stereocenters. The molecule has 0 bridgehead atoms. The second kappa shape index (κ2) is 4.23. The van der Waals surface area contributed by atoms with Crippen LogP contribution in [0.25, 0.3) is 11.1 Å². The predicted molar refractivity (Wildman–Crippen MR) is 60.3 cm³/mol. The molecule has 2 aromatic rings. The lowest BCUT2D eigenvalue weighted by Crippen LogP contribution is -2.24. The van der Waals surface area contributed by atoms with Crippen LogP contribution in [0.1, 0.15) is 12.8 Å². The zero-order valence-electron chi connectivity index (χ0n) is 8.80. The first kappa shape index (κ1) is 11.1. The summed E-state index contributed by atoms with van der Waals surface area (Å²) in [4.78, 5) is 4.16. The summed E-state index contributed by atoms with van der Waals surface area (Å²) in [6.07, 6.45) is 0. The number of aromatic nitrogens is 1. The third kappa shape index (κ3) is 2.40. The van der Waals surface area contributed by atoms with E-state index >= 15 is 0 Å². The molecule has 1 aromatic carbocycles. The minimum Gasteiger partial charge on any atom is -0.439 e. The molecule has 0 saturated carbocycles. The van der Waals surface area contributed by atoms with Gasteiger partial charge in [0.1, 0.15) is 5.52 Å². The van der Waals surface area contributed by atoms with Crippen LogP contribution in [-0.4, -0.2) is 19.2 Å². The van der Waals surface area contributed by atoms with E-state index < -0.39 is 10.0 Å². The molecule has 0 saturated heterocycles. The number of hydrogen-bond donors (Lipinski definition) is 1. The van der Waals surface area contributed by atoms with Crippen molar-refractivity contribution in [1.29, 1.82) is 0 Å². The highest BCUT2D eigenvalue weighted by Crippen LogP contribution is 2.14. The van der Waals surface area contributed by atoms with E-state index in [1.54, 1.807) is 13.0 Å². The summed E-state index contributed by atoms with van der Waals surface area (Å²) < 4.78 is 30.2. The molecular weight excluding hydrogens is 228 g/mol. The van der Waals surface area contributed by atoms with Crippen molar-refractivity contribution in [2.75, 3.05) is 5.75 Å². The molecule has 0 radical (unpaired) electrons. The summed E-state index contributed by atoms with van der Waals surface area (Å²) in [5, 5.41) is 0. The van der Waals surface area contributed by atoms with Crippen LogP contribution in [0.15, 0.2) is 28.7 Å². The van der Waals surface area contributed by atoms with Crippen LogP contribution in [0.3, 0.4) is 0 Å². The Morgan fingerprint density at radius 1 is 1.38 bits per heavy atom. The molecule has 5 nitrogen and oxygen atoms in total. The highest BCUT2D eigenvalue weighted by atomic mass is 32.2. The van der Waals surface area contributed by atoms with Gasteiger partial charge in [-0.2, -0.15) is 0 Å². The van der Waals surface area contributed by atoms with Crippen LogP contribution < -0.4 is 4.72 Å². The predicted octanol–water partition coefficient (Wildman–Crippen LogP) is 1.27. The van der Waals surface area contributed by atoms with E-state index in [0.29, 0.717) is 11.5 Å². The molecule has 86 valence electrons. The smallest absolute Gasteiger partial charge is 0.211 e. The lowest BCUT2D eigenvalue weighted by molar-refractivity contribution is 0.514. The van der Waals surface area contributed by atoms with Gasteiger partial charge in [-0.15, -0.1) is 0 Å². The van der Waals surface area contributed by atoms with E-state index in [0.717, 1.165) is 5.52 Å². The first-order chi connectivity index (χ1) is 7.61. The van der Waals surface area contributed by atoms with Crippen LogP contribution in [0.5, 0.6) is 0 Å². The third-order valence-corrected chi connectivity index (χ3v) is 3.51. The van der Waals surface area contributed by atoms with Gasteiger partial charge in [0, 0.05) is 0 Å². The zero-order valence-corrected chi connectivity index (χ0v) is 9.62. The Morgan fingerprint density at radius 2 is 2.12 bits per heavy atom. The van der Waals surface area contributed by atoms with Gasteiger partial charge >= 0.3 is 0 Å². The molecule has 0 amide bonds. The summed E-state index contributed by atoms with van der Waals surface area (Å²) >= 11 is 0. The summed E-state index contributed by atoms with van der Waals surface area (Å²) in [6, 6.07) is 7.30. The molecule has 0 spiro atoms. The van der Waals surface area contributed by atoms with E-state index in [1.165, 1.54) is 0 Å². The maximum atomic E-state index is 11.2. The molecule has 2 rings (SSSR count). The van der Waals surface area contributed by atoms with E-state index in [9.17, 15) is 8.42 Å². The lowest BCUT2D eigenvalue weighted by Gasteiger charge is -1.99. The van der Waals surface area contributed by atoms with Crippen LogP contribution in [-0.2, 0) is 16.6 Å². The molecule has 0 aliphatic rings. The van der Waals surface area contributed by atoms with Crippen LogP contribution >= 0.6 is 0 Å². The zero-order chi connectivity index (χ0) is 11.6. The van der Waals surface area contributed by atoms with Crippen molar-refractivity contribution < 1.29 is 12.8 Å². The van der Waals surface area contributed by atoms with Crippen molar-refractivity contribution in [2.45, 2.75) is 13.5 Å². The minimum atomic E-state index is -3.21. The number of hydrogen-bond acceptors (Lipinski definition) is 4. The Labute approximate surface area is 93.5 Å². The molecule has 0 aliphatic carbocycles. The third-order valence-electron chi connectivity index (χ3n) is 2.16. The normalized spacial score (nSPS) is 12.1. The minimum absolute atomic E-state index is 0.0488. The molecule has 1 N–H and O–H groups in total. The van der Waals surface area contributed by atoms with Gasteiger partial charge in [-0.25, -0.2) is 18.1 Å². The van der Waals surface area contributed by atoms with Crippen molar-refractivity contribution in [3.63, 3.8) is 0 Å². The fraction of sp³-hybridized carbons (Fsp3) is 0.300. The van der Waals surface area contributed by atoms with E-state index in [2.05, 4.69) is 9.71 Å². The number of nitrogens with zero attached hydrogens (tertiary/aromatic N) is 1. The van der Waals surface area contributed by atoms with E-state index in [4.69, 9.17) is 4.42 Å². The van der Waals surface area contributed by atoms with Gasteiger partial charge in [-0.3, -0.25) is 0 Å². The second-order valence-corrected chi connectivity index (χ2v) is 5.40. The number of para-hydroxylation sites is 2. The van der Waals surface area contributed by atoms with Crippen molar-refractivity contribution in [1.82, 2.24) is 9.71 Å². The average molecular weight is 240 g/mol. The van der Waals surface area contributed by atoms with Crippen molar-refractivity contribution in [3.8, 4) is 0 Å². The highest BCUT2D eigenvalue weighted by molar-refractivity contribution is 7.89. The molecule has 1 aromatic heterocycles. The number of rotatable bonds is 4. The summed E-state index contributed by atoms with van der Waals surface area (Å²) in [5.74, 6) is 0.422. The maximum Gasteiger partial charge on any atom is 0.211 e. The van der Waals surface area contributed by atoms with E-state index in [1.807, 2.05) is 18.2 Å². The van der Waals surface area contributed by atoms with Gasteiger partial charge in [0.15, 0.2) is 5.58 Å². The maximum absolute atomic E-state index is 11.2. The van der Waals surface area contributed by atoms with Gasteiger partial charge in [0.05, 0.1) is 12.3 Å².